The van der Waals surface area contributed by atoms with Gasteiger partial charge in [-0.2, -0.15) is 10.4 Å². The van der Waals surface area contributed by atoms with E-state index >= 15 is 0 Å². The molecule has 1 atom stereocenters. The van der Waals surface area contributed by atoms with E-state index in [9.17, 15) is 0 Å². The lowest BCUT2D eigenvalue weighted by atomic mass is 10.2. The van der Waals surface area contributed by atoms with Crippen LogP contribution in [0.2, 0.25) is 0 Å². The molecule has 1 unspecified atom stereocenters. The SMILES string of the molecule is CC(CN(C)C)Nc1nnccc1C#N. The molecule has 0 aliphatic carbocycles. The average Bonchev–Trinajstić information content (AvgIpc) is 2.17. The van der Waals surface area contributed by atoms with Crippen LogP contribution < -0.4 is 5.32 Å². The van der Waals surface area contributed by atoms with Gasteiger partial charge in [-0.25, -0.2) is 0 Å². The molecule has 0 bridgehead atoms. The molecule has 0 fully saturated rings. The molecule has 5 nitrogen and oxygen atoms in total. The molecule has 1 heterocycles. The Morgan fingerprint density at radius 2 is 2.33 bits per heavy atom. The van der Waals surface area contributed by atoms with Crippen LogP contribution in [0.15, 0.2) is 12.3 Å². The van der Waals surface area contributed by atoms with Gasteiger partial charge in [-0.1, -0.05) is 0 Å². The molecular weight excluding hydrogens is 190 g/mol. The first-order valence-corrected chi connectivity index (χ1v) is 4.76. The van der Waals surface area contributed by atoms with E-state index in [0.29, 0.717) is 11.4 Å². The summed E-state index contributed by atoms with van der Waals surface area (Å²) in [5.41, 5.74) is 0.524. The maximum atomic E-state index is 8.85. The van der Waals surface area contributed by atoms with Gasteiger partial charge in [-0.3, -0.25) is 0 Å². The van der Waals surface area contributed by atoms with Crippen molar-refractivity contribution in [2.24, 2.45) is 0 Å². The van der Waals surface area contributed by atoms with E-state index in [1.807, 2.05) is 21.0 Å². The summed E-state index contributed by atoms with van der Waals surface area (Å²) in [5.74, 6) is 0.550. The fraction of sp³-hybridized carbons (Fsp3) is 0.500. The van der Waals surface area contributed by atoms with E-state index < -0.39 is 0 Å². The Balaban J connectivity index is 2.68. The number of likely N-dealkylation sites (N-methyl/N-ethyl adjacent to an activating group) is 1. The minimum Gasteiger partial charge on any atom is -0.364 e. The van der Waals surface area contributed by atoms with Crippen LogP contribution >= 0.6 is 0 Å². The largest absolute Gasteiger partial charge is 0.364 e. The molecule has 0 spiro atoms. The molecule has 1 aromatic heterocycles. The number of hydrogen-bond donors (Lipinski definition) is 1. The minimum atomic E-state index is 0.226. The molecule has 5 heteroatoms. The Hall–Kier alpha value is -1.67. The Kier molecular flexibility index (Phi) is 4.01. The number of aromatic nitrogens is 2. The van der Waals surface area contributed by atoms with Gasteiger partial charge in [0.2, 0.25) is 0 Å². The van der Waals surface area contributed by atoms with E-state index in [-0.39, 0.29) is 6.04 Å². The third-order valence-electron chi connectivity index (χ3n) is 1.86. The maximum absolute atomic E-state index is 8.85. The van der Waals surface area contributed by atoms with Crippen LogP contribution in [-0.2, 0) is 0 Å². The lowest BCUT2D eigenvalue weighted by Gasteiger charge is -2.18. The fourth-order valence-electron chi connectivity index (χ4n) is 1.36. The second kappa shape index (κ2) is 5.27. The first-order chi connectivity index (χ1) is 7.13. The van der Waals surface area contributed by atoms with E-state index in [0.717, 1.165) is 6.54 Å². The zero-order chi connectivity index (χ0) is 11.3. The van der Waals surface area contributed by atoms with Crippen molar-refractivity contribution >= 4 is 5.82 Å². The lowest BCUT2D eigenvalue weighted by Crippen LogP contribution is -2.30. The molecule has 0 saturated carbocycles. The van der Waals surface area contributed by atoms with Gasteiger partial charge in [-0.05, 0) is 27.1 Å². The molecule has 1 rings (SSSR count). The number of nitrogens with one attached hydrogen (secondary N) is 1. The second-order valence-electron chi connectivity index (χ2n) is 3.71. The molecule has 15 heavy (non-hydrogen) atoms. The zero-order valence-corrected chi connectivity index (χ0v) is 9.23. The summed E-state index contributed by atoms with van der Waals surface area (Å²) in [6.07, 6.45) is 1.51. The Labute approximate surface area is 89.7 Å². The average molecular weight is 205 g/mol. The van der Waals surface area contributed by atoms with E-state index in [1.54, 1.807) is 6.07 Å². The summed E-state index contributed by atoms with van der Waals surface area (Å²) < 4.78 is 0. The normalized spacial score (nSPS) is 12.2. The number of nitrogens with zero attached hydrogens (tertiary/aromatic N) is 4. The van der Waals surface area contributed by atoms with Gasteiger partial charge >= 0.3 is 0 Å². The van der Waals surface area contributed by atoms with Crippen LogP contribution in [0.3, 0.4) is 0 Å². The number of nitriles is 1. The van der Waals surface area contributed by atoms with E-state index in [1.165, 1.54) is 6.20 Å². The summed E-state index contributed by atoms with van der Waals surface area (Å²) in [6, 6.07) is 3.95. The first-order valence-electron chi connectivity index (χ1n) is 4.76. The highest BCUT2D eigenvalue weighted by Crippen LogP contribution is 2.09. The topological polar surface area (TPSA) is 64.8 Å². The van der Waals surface area contributed by atoms with Crippen molar-refractivity contribution in [3.63, 3.8) is 0 Å². The quantitative estimate of drug-likeness (QED) is 0.784. The highest BCUT2D eigenvalue weighted by molar-refractivity contribution is 5.50. The van der Waals surface area contributed by atoms with Crippen LogP contribution in [0, 0.1) is 11.3 Å². The molecule has 0 saturated heterocycles. The third-order valence-corrected chi connectivity index (χ3v) is 1.86. The summed E-state index contributed by atoms with van der Waals surface area (Å²) in [5, 5.41) is 19.6. The number of hydrogen-bond acceptors (Lipinski definition) is 5. The Bertz CT molecular complexity index is 355. The van der Waals surface area contributed by atoms with Crippen LogP contribution in [0.5, 0.6) is 0 Å². The van der Waals surface area contributed by atoms with E-state index in [2.05, 4.69) is 26.5 Å². The van der Waals surface area contributed by atoms with E-state index in [4.69, 9.17) is 5.26 Å². The van der Waals surface area contributed by atoms with Gasteiger partial charge in [0, 0.05) is 12.6 Å². The monoisotopic (exact) mass is 205 g/mol. The van der Waals surface area contributed by atoms with Crippen LogP contribution in [0.4, 0.5) is 5.82 Å². The molecule has 0 aliphatic rings. The predicted octanol–water partition coefficient (Wildman–Crippen LogP) is 0.710. The molecule has 1 N–H and O–H groups in total. The summed E-state index contributed by atoms with van der Waals surface area (Å²) in [4.78, 5) is 2.07. The minimum absolute atomic E-state index is 0.226. The van der Waals surface area contributed by atoms with Gasteiger partial charge in [0.05, 0.1) is 11.8 Å². The molecule has 0 aliphatic heterocycles. The maximum Gasteiger partial charge on any atom is 0.166 e. The summed E-state index contributed by atoms with van der Waals surface area (Å²) in [6.45, 7) is 2.91. The molecular formula is C10H15N5. The Morgan fingerprint density at radius 3 is 2.93 bits per heavy atom. The van der Waals surface area contributed by atoms with Crippen molar-refractivity contribution in [2.75, 3.05) is 26.0 Å². The molecule has 80 valence electrons. The molecule has 0 amide bonds. The van der Waals surface area contributed by atoms with Crippen molar-refractivity contribution < 1.29 is 0 Å². The standard InChI is InChI=1S/C10H15N5/c1-8(7-15(2)3)13-10-9(6-11)4-5-12-14-10/h4-5,8H,7H2,1-3H3,(H,13,14). The summed E-state index contributed by atoms with van der Waals surface area (Å²) in [7, 11) is 4.00. The fourth-order valence-corrected chi connectivity index (χ4v) is 1.36. The van der Waals surface area contributed by atoms with Gasteiger partial charge in [-0.15, -0.1) is 5.10 Å². The molecule has 0 radical (unpaired) electrons. The lowest BCUT2D eigenvalue weighted by molar-refractivity contribution is 0.391. The predicted molar refractivity (Wildman–Crippen MR) is 58.4 cm³/mol. The van der Waals surface area contributed by atoms with Gasteiger partial charge in [0.25, 0.3) is 0 Å². The second-order valence-corrected chi connectivity index (χ2v) is 3.71. The number of rotatable bonds is 4. The van der Waals surface area contributed by atoms with Crippen molar-refractivity contribution in [1.29, 1.82) is 5.26 Å². The molecule has 1 aromatic rings. The van der Waals surface area contributed by atoms with Crippen molar-refractivity contribution in [1.82, 2.24) is 15.1 Å². The van der Waals surface area contributed by atoms with Gasteiger partial charge in [0.15, 0.2) is 5.82 Å². The Morgan fingerprint density at radius 1 is 1.60 bits per heavy atom. The number of anilines is 1. The van der Waals surface area contributed by atoms with Crippen LogP contribution in [-0.4, -0.2) is 41.8 Å². The van der Waals surface area contributed by atoms with Crippen LogP contribution in [0.25, 0.3) is 0 Å². The third kappa shape index (κ3) is 3.52. The van der Waals surface area contributed by atoms with Gasteiger partial charge < -0.3 is 10.2 Å². The zero-order valence-electron chi connectivity index (χ0n) is 9.23. The van der Waals surface area contributed by atoms with Gasteiger partial charge in [0.1, 0.15) is 6.07 Å². The highest BCUT2D eigenvalue weighted by atomic mass is 15.2. The smallest absolute Gasteiger partial charge is 0.166 e. The highest BCUT2D eigenvalue weighted by Gasteiger charge is 2.08. The van der Waals surface area contributed by atoms with Crippen molar-refractivity contribution in [2.45, 2.75) is 13.0 Å². The summed E-state index contributed by atoms with van der Waals surface area (Å²) >= 11 is 0. The van der Waals surface area contributed by atoms with Crippen molar-refractivity contribution in [3.05, 3.63) is 17.8 Å². The van der Waals surface area contributed by atoms with Crippen LogP contribution in [0.1, 0.15) is 12.5 Å². The first kappa shape index (κ1) is 11.4. The molecule has 0 aromatic carbocycles. The van der Waals surface area contributed by atoms with Crippen molar-refractivity contribution in [3.8, 4) is 6.07 Å².